The summed E-state index contributed by atoms with van der Waals surface area (Å²) in [5.41, 5.74) is 6.71. The van der Waals surface area contributed by atoms with Crippen molar-refractivity contribution in [3.8, 4) is 0 Å². The molecule has 2 aromatic carbocycles. The van der Waals surface area contributed by atoms with Crippen LogP contribution in [0.4, 0.5) is 5.69 Å². The van der Waals surface area contributed by atoms with Gasteiger partial charge in [0.05, 0.1) is 15.8 Å². The fraction of sp³-hybridized carbons (Fsp3) is 0.333. The second-order valence-corrected chi connectivity index (χ2v) is 8.49. The number of rotatable bonds is 6. The van der Waals surface area contributed by atoms with Crippen molar-refractivity contribution >= 4 is 34.3 Å². The summed E-state index contributed by atoms with van der Waals surface area (Å²) in [7, 11) is 0. The lowest BCUT2D eigenvalue weighted by Crippen LogP contribution is -2.25. The molecule has 3 aromatic rings. The molecule has 4 heteroatoms. The number of aryl methyl sites for hydroxylation is 4. The van der Waals surface area contributed by atoms with Crippen LogP contribution < -0.4 is 5.32 Å². The Balaban J connectivity index is 1.85. The third-order valence-electron chi connectivity index (χ3n) is 5.01. The minimum atomic E-state index is -0.181. The van der Waals surface area contributed by atoms with Crippen molar-refractivity contribution in [2.24, 2.45) is 0 Å². The van der Waals surface area contributed by atoms with Crippen LogP contribution in [-0.2, 0) is 11.2 Å². The highest BCUT2D eigenvalue weighted by molar-refractivity contribution is 8.00. The molecule has 0 saturated carbocycles. The van der Waals surface area contributed by atoms with Crippen LogP contribution >= 0.6 is 11.8 Å². The number of carbonyl (C=O) groups is 1. The van der Waals surface area contributed by atoms with Crippen LogP contribution in [0.15, 0.2) is 47.5 Å². The highest BCUT2D eigenvalue weighted by Crippen LogP contribution is 2.30. The standard InChI is InChI=1S/C24H28N2OS/c1-6-18-10-8-9-11-20(18)25-24(27)21(7-2)28-22-14-16(4)19-13-15(3)12-17(5)23(19)26-22/h8-14,21H,6-7H2,1-5H3,(H,25,27). The lowest BCUT2D eigenvalue weighted by atomic mass is 10.0. The molecule has 1 amide bonds. The van der Waals surface area contributed by atoms with Gasteiger partial charge >= 0.3 is 0 Å². The number of anilines is 1. The number of hydrogen-bond donors (Lipinski definition) is 1. The summed E-state index contributed by atoms with van der Waals surface area (Å²) in [6, 6.07) is 14.4. The summed E-state index contributed by atoms with van der Waals surface area (Å²) < 4.78 is 0. The number of nitrogens with one attached hydrogen (secondary N) is 1. The molecule has 28 heavy (non-hydrogen) atoms. The van der Waals surface area contributed by atoms with Crippen LogP contribution in [0.2, 0.25) is 0 Å². The first-order valence-corrected chi connectivity index (χ1v) is 10.7. The molecule has 0 aliphatic carbocycles. The molecule has 3 rings (SSSR count). The number of fused-ring (bicyclic) bond motifs is 1. The maximum atomic E-state index is 12.9. The molecule has 1 N–H and O–H groups in total. The van der Waals surface area contributed by atoms with Crippen LogP contribution in [0.3, 0.4) is 0 Å². The number of amides is 1. The van der Waals surface area contributed by atoms with E-state index in [9.17, 15) is 4.79 Å². The van der Waals surface area contributed by atoms with E-state index in [2.05, 4.69) is 57.3 Å². The van der Waals surface area contributed by atoms with Gasteiger partial charge in [0.15, 0.2) is 0 Å². The average molecular weight is 393 g/mol. The molecule has 0 radical (unpaired) electrons. The van der Waals surface area contributed by atoms with Gasteiger partial charge in [0.1, 0.15) is 0 Å². The van der Waals surface area contributed by atoms with Gasteiger partial charge in [0, 0.05) is 11.1 Å². The number of benzene rings is 2. The Morgan fingerprint density at radius 2 is 1.82 bits per heavy atom. The third kappa shape index (κ3) is 4.39. The van der Waals surface area contributed by atoms with Gasteiger partial charge < -0.3 is 5.32 Å². The van der Waals surface area contributed by atoms with Gasteiger partial charge in [-0.3, -0.25) is 4.79 Å². The van der Waals surface area contributed by atoms with Gasteiger partial charge in [0.2, 0.25) is 5.91 Å². The first kappa shape index (κ1) is 20.4. The fourth-order valence-electron chi connectivity index (χ4n) is 3.51. The van der Waals surface area contributed by atoms with E-state index in [0.29, 0.717) is 0 Å². The average Bonchev–Trinajstić information content (AvgIpc) is 2.67. The highest BCUT2D eigenvalue weighted by Gasteiger charge is 2.20. The maximum absolute atomic E-state index is 12.9. The van der Waals surface area contributed by atoms with Gasteiger partial charge in [0.25, 0.3) is 0 Å². The van der Waals surface area contributed by atoms with Gasteiger partial charge in [-0.1, -0.05) is 55.4 Å². The van der Waals surface area contributed by atoms with Crippen molar-refractivity contribution in [2.75, 3.05) is 5.32 Å². The molecule has 1 atom stereocenters. The summed E-state index contributed by atoms with van der Waals surface area (Å²) in [6.45, 7) is 10.5. The number of nitrogens with zero attached hydrogens (tertiary/aromatic N) is 1. The molecule has 0 bridgehead atoms. The number of para-hydroxylation sites is 1. The molecule has 0 aliphatic heterocycles. The molecule has 0 aliphatic rings. The van der Waals surface area contributed by atoms with Crippen molar-refractivity contribution in [2.45, 2.75) is 57.7 Å². The van der Waals surface area contributed by atoms with Crippen LogP contribution in [0.25, 0.3) is 10.9 Å². The molecule has 3 nitrogen and oxygen atoms in total. The van der Waals surface area contributed by atoms with E-state index in [4.69, 9.17) is 4.98 Å². The van der Waals surface area contributed by atoms with E-state index in [1.165, 1.54) is 22.1 Å². The number of thioether (sulfide) groups is 1. The predicted octanol–water partition coefficient (Wildman–Crippen LogP) is 6.23. The number of aromatic nitrogens is 1. The van der Waals surface area contributed by atoms with Crippen molar-refractivity contribution < 1.29 is 4.79 Å². The van der Waals surface area contributed by atoms with Crippen LogP contribution in [0, 0.1) is 20.8 Å². The minimum Gasteiger partial charge on any atom is -0.325 e. The number of carbonyl (C=O) groups excluding carboxylic acids is 1. The van der Waals surface area contributed by atoms with Gasteiger partial charge in [-0.15, -0.1) is 0 Å². The van der Waals surface area contributed by atoms with Gasteiger partial charge in [-0.2, -0.15) is 0 Å². The van der Waals surface area contributed by atoms with Crippen LogP contribution in [0.1, 0.15) is 42.5 Å². The minimum absolute atomic E-state index is 0.0357. The van der Waals surface area contributed by atoms with E-state index in [0.717, 1.165) is 34.6 Å². The molecule has 146 valence electrons. The lowest BCUT2D eigenvalue weighted by molar-refractivity contribution is -0.115. The highest BCUT2D eigenvalue weighted by atomic mass is 32.2. The molecule has 1 unspecified atom stereocenters. The van der Waals surface area contributed by atoms with E-state index in [1.54, 1.807) is 11.8 Å². The SMILES string of the molecule is CCc1ccccc1NC(=O)C(CC)Sc1cc(C)c2cc(C)cc(C)c2n1. The molecular formula is C24H28N2OS. The zero-order valence-electron chi connectivity index (χ0n) is 17.3. The molecular weight excluding hydrogens is 364 g/mol. The van der Waals surface area contributed by atoms with Gasteiger partial charge in [-0.05, 0) is 68.5 Å². The Labute approximate surface area is 172 Å². The monoisotopic (exact) mass is 392 g/mol. The smallest absolute Gasteiger partial charge is 0.237 e. The first-order valence-electron chi connectivity index (χ1n) is 9.87. The Hall–Kier alpha value is -2.33. The van der Waals surface area contributed by atoms with Crippen molar-refractivity contribution in [3.05, 3.63) is 64.7 Å². The molecule has 0 saturated heterocycles. The number of pyridine rings is 1. The summed E-state index contributed by atoms with van der Waals surface area (Å²) in [5.74, 6) is 0.0357. The van der Waals surface area contributed by atoms with Crippen molar-refractivity contribution in [1.82, 2.24) is 4.98 Å². The largest absolute Gasteiger partial charge is 0.325 e. The maximum Gasteiger partial charge on any atom is 0.237 e. The summed E-state index contributed by atoms with van der Waals surface area (Å²) >= 11 is 1.55. The molecule has 1 heterocycles. The van der Waals surface area contributed by atoms with E-state index < -0.39 is 0 Å². The first-order chi connectivity index (χ1) is 13.4. The molecule has 0 fully saturated rings. The van der Waals surface area contributed by atoms with E-state index in [-0.39, 0.29) is 11.2 Å². The Kier molecular flexibility index (Phi) is 6.40. The zero-order chi connectivity index (χ0) is 20.3. The predicted molar refractivity (Wildman–Crippen MR) is 120 cm³/mol. The van der Waals surface area contributed by atoms with Crippen molar-refractivity contribution in [3.63, 3.8) is 0 Å². The van der Waals surface area contributed by atoms with Crippen molar-refractivity contribution in [1.29, 1.82) is 0 Å². The third-order valence-corrected chi connectivity index (χ3v) is 6.30. The topological polar surface area (TPSA) is 42.0 Å². The Morgan fingerprint density at radius 3 is 2.54 bits per heavy atom. The Bertz CT molecular complexity index is 1010. The summed E-state index contributed by atoms with van der Waals surface area (Å²) in [5, 5.41) is 5.03. The van der Waals surface area contributed by atoms with E-state index in [1.807, 2.05) is 25.1 Å². The van der Waals surface area contributed by atoms with Crippen LogP contribution in [0.5, 0.6) is 0 Å². The van der Waals surface area contributed by atoms with Crippen LogP contribution in [-0.4, -0.2) is 16.1 Å². The van der Waals surface area contributed by atoms with E-state index >= 15 is 0 Å². The summed E-state index contributed by atoms with van der Waals surface area (Å²) in [4.78, 5) is 17.8. The number of hydrogen-bond acceptors (Lipinski definition) is 3. The lowest BCUT2D eigenvalue weighted by Gasteiger charge is -2.17. The molecule has 1 aromatic heterocycles. The van der Waals surface area contributed by atoms with Gasteiger partial charge in [-0.25, -0.2) is 4.98 Å². The second-order valence-electron chi connectivity index (χ2n) is 7.27. The molecule has 0 spiro atoms. The quantitative estimate of drug-likeness (QED) is 0.505. The summed E-state index contributed by atoms with van der Waals surface area (Å²) in [6.07, 6.45) is 1.64. The fourth-order valence-corrected chi connectivity index (χ4v) is 4.52. The normalized spacial score (nSPS) is 12.2. The Morgan fingerprint density at radius 1 is 1.07 bits per heavy atom. The second kappa shape index (κ2) is 8.78. The zero-order valence-corrected chi connectivity index (χ0v) is 18.1.